The fourth-order valence-electron chi connectivity index (χ4n) is 1.80. The van der Waals surface area contributed by atoms with E-state index in [-0.39, 0.29) is 0 Å². The highest BCUT2D eigenvalue weighted by molar-refractivity contribution is 9.12. The molecule has 2 aliphatic rings. The summed E-state index contributed by atoms with van der Waals surface area (Å²) in [5, 5.41) is 3.38. The summed E-state index contributed by atoms with van der Waals surface area (Å²) >= 11 is 3.59. The molecule has 60 valence electrons. The molecule has 0 fully saturated rings. The number of hydrogen-bond donors (Lipinski definition) is 1. The van der Waals surface area contributed by atoms with Gasteiger partial charge in [0.15, 0.2) is 0 Å². The quantitative estimate of drug-likeness (QED) is 0.651. The highest BCUT2D eigenvalue weighted by atomic mass is 79.9. The fraction of sp³-hybridized carbons (Fsp3) is 0.556. The maximum absolute atomic E-state index is 3.59. The summed E-state index contributed by atoms with van der Waals surface area (Å²) in [6.07, 6.45) is 3.48. The van der Waals surface area contributed by atoms with Crippen LogP contribution < -0.4 is 5.32 Å². The second-order valence-electron chi connectivity index (χ2n) is 3.30. The van der Waals surface area contributed by atoms with Crippen LogP contribution in [0.15, 0.2) is 21.7 Å². The fourth-order valence-corrected chi connectivity index (χ4v) is 2.38. The van der Waals surface area contributed by atoms with Crippen LogP contribution in [-0.4, -0.2) is 13.1 Å². The molecule has 0 bridgehead atoms. The van der Waals surface area contributed by atoms with Gasteiger partial charge in [-0.05, 0) is 23.5 Å². The molecule has 0 radical (unpaired) electrons. The van der Waals surface area contributed by atoms with Gasteiger partial charge in [-0.3, -0.25) is 0 Å². The molecule has 11 heavy (non-hydrogen) atoms. The van der Waals surface area contributed by atoms with Crippen LogP contribution in [0.5, 0.6) is 0 Å². The van der Waals surface area contributed by atoms with E-state index in [4.69, 9.17) is 0 Å². The van der Waals surface area contributed by atoms with Gasteiger partial charge in [-0.1, -0.05) is 28.9 Å². The van der Waals surface area contributed by atoms with E-state index in [1.807, 2.05) is 0 Å². The van der Waals surface area contributed by atoms with Crippen LogP contribution in [0.4, 0.5) is 0 Å². The zero-order valence-electron chi connectivity index (χ0n) is 6.65. The maximum Gasteiger partial charge on any atom is 0.0219 e. The van der Waals surface area contributed by atoms with Gasteiger partial charge >= 0.3 is 0 Å². The van der Waals surface area contributed by atoms with E-state index in [0.29, 0.717) is 0 Å². The van der Waals surface area contributed by atoms with E-state index >= 15 is 0 Å². The predicted octanol–water partition coefficient (Wildman–Crippen LogP) is 2.20. The molecule has 0 spiro atoms. The maximum atomic E-state index is 3.59. The molecule has 1 unspecified atom stereocenters. The third-order valence-corrected chi connectivity index (χ3v) is 3.34. The summed E-state index contributed by atoms with van der Waals surface area (Å²) in [5.41, 5.74) is 3.11. The largest absolute Gasteiger partial charge is 0.309 e. The van der Waals surface area contributed by atoms with E-state index in [9.17, 15) is 0 Å². The van der Waals surface area contributed by atoms with Gasteiger partial charge in [-0.15, -0.1) is 0 Å². The first kappa shape index (κ1) is 7.56. The van der Waals surface area contributed by atoms with Crippen LogP contribution in [0.3, 0.4) is 0 Å². The second kappa shape index (κ2) is 2.76. The van der Waals surface area contributed by atoms with Gasteiger partial charge in [0.05, 0.1) is 0 Å². The van der Waals surface area contributed by atoms with Crippen molar-refractivity contribution < 1.29 is 0 Å². The van der Waals surface area contributed by atoms with Crippen LogP contribution >= 0.6 is 15.9 Å². The Balaban J connectivity index is 2.36. The minimum Gasteiger partial charge on any atom is -0.309 e. The molecule has 1 aliphatic heterocycles. The molecule has 0 aromatic rings. The molecular weight excluding hydrogens is 202 g/mol. The van der Waals surface area contributed by atoms with Crippen LogP contribution in [-0.2, 0) is 0 Å². The molecule has 1 nitrogen and oxygen atoms in total. The minimum absolute atomic E-state index is 0.751. The molecule has 2 heteroatoms. The van der Waals surface area contributed by atoms with Crippen molar-refractivity contribution in [2.75, 3.05) is 13.1 Å². The Hall–Kier alpha value is -0.0800. The molecule has 1 heterocycles. The molecule has 0 amide bonds. The summed E-state index contributed by atoms with van der Waals surface area (Å²) in [7, 11) is 0. The zero-order valence-corrected chi connectivity index (χ0v) is 8.24. The van der Waals surface area contributed by atoms with Crippen LogP contribution in [0, 0.1) is 5.92 Å². The number of rotatable bonds is 0. The molecule has 0 aromatic heterocycles. The van der Waals surface area contributed by atoms with E-state index in [1.165, 1.54) is 16.5 Å². The third-order valence-electron chi connectivity index (χ3n) is 2.54. The van der Waals surface area contributed by atoms with Gasteiger partial charge in [-0.2, -0.15) is 0 Å². The predicted molar refractivity (Wildman–Crippen MR) is 50.7 cm³/mol. The van der Waals surface area contributed by atoms with Gasteiger partial charge in [0.1, 0.15) is 0 Å². The van der Waals surface area contributed by atoms with Crippen molar-refractivity contribution in [1.82, 2.24) is 5.32 Å². The third kappa shape index (κ3) is 1.18. The Morgan fingerprint density at radius 2 is 2.36 bits per heavy atom. The number of allylic oxidation sites excluding steroid dienone is 1. The first-order valence-electron chi connectivity index (χ1n) is 4.07. The average Bonchev–Trinajstić information content (AvgIpc) is 2.45. The van der Waals surface area contributed by atoms with Gasteiger partial charge in [-0.25, -0.2) is 0 Å². The van der Waals surface area contributed by atoms with Gasteiger partial charge < -0.3 is 5.32 Å². The molecule has 1 aliphatic carbocycles. The Morgan fingerprint density at radius 3 is 3.09 bits per heavy atom. The average molecular weight is 214 g/mol. The highest BCUT2D eigenvalue weighted by Gasteiger charge is 2.23. The number of halogens is 1. The SMILES string of the molecule is CC1CC=C(Br)C2=C1CNC2. The van der Waals surface area contributed by atoms with E-state index in [2.05, 4.69) is 34.2 Å². The van der Waals surface area contributed by atoms with Crippen molar-refractivity contribution in [3.05, 3.63) is 21.7 Å². The molecule has 1 N–H and O–H groups in total. The summed E-state index contributed by atoms with van der Waals surface area (Å²) in [6, 6.07) is 0. The molecule has 1 atom stereocenters. The lowest BCUT2D eigenvalue weighted by Crippen LogP contribution is -2.10. The van der Waals surface area contributed by atoms with Crippen LogP contribution in [0.25, 0.3) is 0 Å². The van der Waals surface area contributed by atoms with Gasteiger partial charge in [0.2, 0.25) is 0 Å². The minimum atomic E-state index is 0.751. The van der Waals surface area contributed by atoms with Crippen molar-refractivity contribution >= 4 is 15.9 Å². The first-order valence-corrected chi connectivity index (χ1v) is 4.87. The summed E-state index contributed by atoms with van der Waals surface area (Å²) < 4.78 is 1.32. The van der Waals surface area contributed by atoms with Crippen molar-refractivity contribution in [1.29, 1.82) is 0 Å². The Kier molecular flexibility index (Phi) is 1.90. The molecule has 2 rings (SSSR count). The molecule has 0 saturated heterocycles. The molecule has 0 aromatic carbocycles. The Morgan fingerprint density at radius 1 is 1.55 bits per heavy atom. The van der Waals surface area contributed by atoms with Gasteiger partial charge in [0, 0.05) is 17.6 Å². The monoisotopic (exact) mass is 213 g/mol. The van der Waals surface area contributed by atoms with E-state index in [0.717, 1.165) is 19.0 Å². The van der Waals surface area contributed by atoms with Crippen LogP contribution in [0.1, 0.15) is 13.3 Å². The van der Waals surface area contributed by atoms with Gasteiger partial charge in [0.25, 0.3) is 0 Å². The molecular formula is C9H12BrN. The van der Waals surface area contributed by atoms with Crippen LogP contribution in [0.2, 0.25) is 0 Å². The topological polar surface area (TPSA) is 12.0 Å². The summed E-state index contributed by atoms with van der Waals surface area (Å²) in [6.45, 7) is 4.45. The summed E-state index contributed by atoms with van der Waals surface area (Å²) in [4.78, 5) is 0. The normalized spacial score (nSPS) is 30.4. The second-order valence-corrected chi connectivity index (χ2v) is 4.15. The van der Waals surface area contributed by atoms with Crippen molar-refractivity contribution in [2.45, 2.75) is 13.3 Å². The Labute approximate surface area is 75.7 Å². The lowest BCUT2D eigenvalue weighted by Gasteiger charge is -2.17. The van der Waals surface area contributed by atoms with E-state index < -0.39 is 0 Å². The first-order chi connectivity index (χ1) is 5.29. The van der Waals surface area contributed by atoms with Crippen molar-refractivity contribution in [3.8, 4) is 0 Å². The van der Waals surface area contributed by atoms with Crippen molar-refractivity contribution in [2.24, 2.45) is 5.92 Å². The van der Waals surface area contributed by atoms with Crippen molar-refractivity contribution in [3.63, 3.8) is 0 Å². The highest BCUT2D eigenvalue weighted by Crippen LogP contribution is 2.34. The number of hydrogen-bond acceptors (Lipinski definition) is 1. The standard InChI is InChI=1S/C9H12BrN/c1-6-2-3-9(10)8-5-11-4-7(6)8/h3,6,11H,2,4-5H2,1H3. The zero-order chi connectivity index (χ0) is 7.84. The number of nitrogens with one attached hydrogen (secondary N) is 1. The molecule has 0 saturated carbocycles. The Bertz CT molecular complexity index is 240. The lowest BCUT2D eigenvalue weighted by molar-refractivity contribution is 0.665. The lowest BCUT2D eigenvalue weighted by atomic mass is 9.90. The smallest absolute Gasteiger partial charge is 0.0219 e. The van der Waals surface area contributed by atoms with E-state index in [1.54, 1.807) is 5.57 Å². The summed E-state index contributed by atoms with van der Waals surface area (Å²) in [5.74, 6) is 0.751.